The maximum atomic E-state index is 13.4. The monoisotopic (exact) mass is 318 g/mol. The number of carbonyl (C=O) groups is 1. The molecule has 6 heteroatoms. The number of carbonyl (C=O) groups excluding carboxylic acids is 1. The zero-order valence-electron chi connectivity index (χ0n) is 10.9. The van der Waals surface area contributed by atoms with Crippen molar-refractivity contribution in [2.45, 2.75) is 18.9 Å². The number of halogens is 3. The standard InChI is InChI=1S/C14H16ClFN2O.ClH/c15-11-2-1-9(7-12(11)16)14(19)18-6-4-13-10(8-18)3-5-17-13;/h1-2,7,10,13,17H,3-6,8H2;1H. The summed E-state index contributed by atoms with van der Waals surface area (Å²) in [6, 6.07) is 4.80. The highest BCUT2D eigenvalue weighted by Crippen LogP contribution is 2.26. The van der Waals surface area contributed by atoms with Crippen LogP contribution in [0.15, 0.2) is 18.2 Å². The lowest BCUT2D eigenvalue weighted by atomic mass is 9.93. The van der Waals surface area contributed by atoms with E-state index in [9.17, 15) is 9.18 Å². The summed E-state index contributed by atoms with van der Waals surface area (Å²) in [5.41, 5.74) is 0.381. The largest absolute Gasteiger partial charge is 0.338 e. The van der Waals surface area contributed by atoms with Gasteiger partial charge in [0.05, 0.1) is 5.02 Å². The third kappa shape index (κ3) is 2.92. The van der Waals surface area contributed by atoms with E-state index in [4.69, 9.17) is 11.6 Å². The molecule has 110 valence electrons. The maximum Gasteiger partial charge on any atom is 0.253 e. The first-order chi connectivity index (χ1) is 9.15. The van der Waals surface area contributed by atoms with Crippen molar-refractivity contribution in [1.29, 1.82) is 0 Å². The van der Waals surface area contributed by atoms with E-state index in [1.54, 1.807) is 6.07 Å². The number of hydrogen-bond donors (Lipinski definition) is 1. The van der Waals surface area contributed by atoms with Crippen molar-refractivity contribution in [3.05, 3.63) is 34.6 Å². The summed E-state index contributed by atoms with van der Waals surface area (Å²) < 4.78 is 13.4. The number of likely N-dealkylation sites (tertiary alicyclic amines) is 1. The van der Waals surface area contributed by atoms with Gasteiger partial charge in [-0.25, -0.2) is 4.39 Å². The van der Waals surface area contributed by atoms with Gasteiger partial charge < -0.3 is 10.2 Å². The first-order valence-electron chi connectivity index (χ1n) is 6.63. The number of nitrogens with one attached hydrogen (secondary N) is 1. The second-order valence-corrected chi connectivity index (χ2v) is 5.69. The molecule has 0 spiro atoms. The Morgan fingerprint density at radius 2 is 2.20 bits per heavy atom. The number of fused-ring (bicyclic) bond motifs is 1. The van der Waals surface area contributed by atoms with E-state index in [0.29, 0.717) is 17.5 Å². The Hall–Kier alpha value is -0.840. The third-order valence-corrected chi connectivity index (χ3v) is 4.42. The first-order valence-corrected chi connectivity index (χ1v) is 7.00. The van der Waals surface area contributed by atoms with Gasteiger partial charge in [-0.3, -0.25) is 4.79 Å². The summed E-state index contributed by atoms with van der Waals surface area (Å²) in [6.07, 6.45) is 2.09. The van der Waals surface area contributed by atoms with Crippen LogP contribution in [0.4, 0.5) is 4.39 Å². The summed E-state index contributed by atoms with van der Waals surface area (Å²) in [5.74, 6) is -0.0966. The first kappa shape index (κ1) is 15.5. The molecule has 1 aromatic rings. The van der Waals surface area contributed by atoms with Crippen molar-refractivity contribution in [3.8, 4) is 0 Å². The summed E-state index contributed by atoms with van der Waals surface area (Å²) >= 11 is 5.64. The van der Waals surface area contributed by atoms with Crippen molar-refractivity contribution in [1.82, 2.24) is 10.2 Å². The van der Waals surface area contributed by atoms with Crippen LogP contribution in [0.25, 0.3) is 0 Å². The molecule has 1 amide bonds. The van der Waals surface area contributed by atoms with Gasteiger partial charge in [0, 0.05) is 24.7 Å². The summed E-state index contributed by atoms with van der Waals surface area (Å²) in [5, 5.41) is 3.51. The highest BCUT2D eigenvalue weighted by atomic mass is 35.5. The number of benzene rings is 1. The Balaban J connectivity index is 0.00000147. The fourth-order valence-electron chi connectivity index (χ4n) is 3.04. The average Bonchev–Trinajstić information content (AvgIpc) is 2.88. The highest BCUT2D eigenvalue weighted by Gasteiger charge is 2.34. The fourth-order valence-corrected chi connectivity index (χ4v) is 3.16. The summed E-state index contributed by atoms with van der Waals surface area (Å²) in [6.45, 7) is 2.53. The minimum absolute atomic E-state index is 0. The Morgan fingerprint density at radius 1 is 1.40 bits per heavy atom. The molecule has 2 fully saturated rings. The summed E-state index contributed by atoms with van der Waals surface area (Å²) in [7, 11) is 0. The molecule has 3 nitrogen and oxygen atoms in total. The van der Waals surface area contributed by atoms with Crippen LogP contribution in [0.1, 0.15) is 23.2 Å². The molecular formula is C14H17Cl2FN2O. The smallest absolute Gasteiger partial charge is 0.253 e. The molecule has 2 aliphatic rings. The minimum atomic E-state index is -0.537. The molecule has 0 saturated carbocycles. The van der Waals surface area contributed by atoms with Crippen molar-refractivity contribution in [2.24, 2.45) is 5.92 Å². The molecule has 0 bridgehead atoms. The normalized spacial score (nSPS) is 25.0. The van der Waals surface area contributed by atoms with Crippen molar-refractivity contribution < 1.29 is 9.18 Å². The lowest BCUT2D eigenvalue weighted by molar-refractivity contribution is 0.0661. The molecule has 2 aliphatic heterocycles. The molecule has 2 atom stereocenters. The second-order valence-electron chi connectivity index (χ2n) is 5.28. The van der Waals surface area contributed by atoms with Gasteiger partial charge in [0.25, 0.3) is 5.91 Å². The molecule has 0 aliphatic carbocycles. The van der Waals surface area contributed by atoms with E-state index >= 15 is 0 Å². The lowest BCUT2D eigenvalue weighted by Gasteiger charge is -2.34. The molecular weight excluding hydrogens is 302 g/mol. The van der Waals surface area contributed by atoms with Crippen LogP contribution in [0.2, 0.25) is 5.02 Å². The van der Waals surface area contributed by atoms with Crippen LogP contribution in [0.3, 0.4) is 0 Å². The predicted molar refractivity (Wildman–Crippen MR) is 79.1 cm³/mol. The quantitative estimate of drug-likeness (QED) is 0.863. The highest BCUT2D eigenvalue weighted by molar-refractivity contribution is 6.30. The molecule has 3 rings (SSSR count). The molecule has 1 aromatic carbocycles. The molecule has 20 heavy (non-hydrogen) atoms. The van der Waals surface area contributed by atoms with Crippen molar-refractivity contribution in [2.75, 3.05) is 19.6 Å². The molecule has 0 aromatic heterocycles. The molecule has 1 N–H and O–H groups in total. The molecule has 0 radical (unpaired) electrons. The number of rotatable bonds is 1. The Labute approximate surface area is 128 Å². The van der Waals surface area contributed by atoms with Gasteiger partial charge >= 0.3 is 0 Å². The van der Waals surface area contributed by atoms with Gasteiger partial charge in [-0.15, -0.1) is 12.4 Å². The number of piperidine rings is 1. The van der Waals surface area contributed by atoms with E-state index in [1.807, 2.05) is 4.90 Å². The van der Waals surface area contributed by atoms with Gasteiger partial charge in [-0.05, 0) is 43.5 Å². The van der Waals surface area contributed by atoms with Crippen LogP contribution >= 0.6 is 24.0 Å². The van der Waals surface area contributed by atoms with E-state index < -0.39 is 5.82 Å². The van der Waals surface area contributed by atoms with E-state index in [0.717, 1.165) is 32.5 Å². The minimum Gasteiger partial charge on any atom is -0.338 e. The Morgan fingerprint density at radius 3 is 2.95 bits per heavy atom. The fraction of sp³-hybridized carbons (Fsp3) is 0.500. The number of nitrogens with zero attached hydrogens (tertiary/aromatic N) is 1. The second kappa shape index (κ2) is 6.29. The molecule has 2 heterocycles. The summed E-state index contributed by atoms with van der Waals surface area (Å²) in [4.78, 5) is 14.2. The van der Waals surface area contributed by atoms with Crippen LogP contribution in [0.5, 0.6) is 0 Å². The molecule has 2 saturated heterocycles. The Bertz CT molecular complexity index is 512. The van der Waals surface area contributed by atoms with E-state index in [1.165, 1.54) is 12.1 Å². The van der Waals surface area contributed by atoms with Crippen LogP contribution < -0.4 is 5.32 Å². The zero-order chi connectivity index (χ0) is 13.4. The van der Waals surface area contributed by atoms with E-state index in [2.05, 4.69) is 5.32 Å². The number of amides is 1. The number of hydrogen-bond acceptors (Lipinski definition) is 2. The average molecular weight is 319 g/mol. The van der Waals surface area contributed by atoms with Crippen molar-refractivity contribution >= 4 is 29.9 Å². The van der Waals surface area contributed by atoms with Crippen LogP contribution in [-0.4, -0.2) is 36.5 Å². The van der Waals surface area contributed by atoms with Gasteiger partial charge in [-0.1, -0.05) is 11.6 Å². The van der Waals surface area contributed by atoms with Crippen LogP contribution in [0, 0.1) is 11.7 Å². The van der Waals surface area contributed by atoms with Gasteiger partial charge in [-0.2, -0.15) is 0 Å². The van der Waals surface area contributed by atoms with Crippen molar-refractivity contribution in [3.63, 3.8) is 0 Å². The van der Waals surface area contributed by atoms with Crippen LogP contribution in [-0.2, 0) is 0 Å². The van der Waals surface area contributed by atoms with E-state index in [-0.39, 0.29) is 23.3 Å². The molecule has 2 unspecified atom stereocenters. The SMILES string of the molecule is Cl.O=C(c1ccc(Cl)c(F)c1)N1CCC2NCCC2C1. The predicted octanol–water partition coefficient (Wildman–Crippen LogP) is 2.72. The zero-order valence-corrected chi connectivity index (χ0v) is 12.5. The maximum absolute atomic E-state index is 13.4. The van der Waals surface area contributed by atoms with Gasteiger partial charge in [0.1, 0.15) is 5.82 Å². The lowest BCUT2D eigenvalue weighted by Crippen LogP contribution is -2.46. The third-order valence-electron chi connectivity index (χ3n) is 4.11. The van der Waals surface area contributed by atoms with Gasteiger partial charge in [0.2, 0.25) is 0 Å². The Kier molecular flexibility index (Phi) is 4.89. The topological polar surface area (TPSA) is 32.3 Å². The van der Waals surface area contributed by atoms with Gasteiger partial charge in [0.15, 0.2) is 0 Å².